The highest BCUT2D eigenvalue weighted by atomic mass is 35.5. The van der Waals surface area contributed by atoms with Crippen LogP contribution in [0.4, 0.5) is 11.4 Å². The molecule has 0 fully saturated rings. The van der Waals surface area contributed by atoms with Crippen LogP contribution in [-0.4, -0.2) is 22.5 Å². The first kappa shape index (κ1) is 20.4. The normalized spacial score (nSPS) is 11.0. The summed E-state index contributed by atoms with van der Waals surface area (Å²) in [5.74, 6) is 1.25. The Kier molecular flexibility index (Phi) is 5.44. The number of alkyl halides is 1. The third-order valence-electron chi connectivity index (χ3n) is 5.43. The summed E-state index contributed by atoms with van der Waals surface area (Å²) in [6.07, 6.45) is 3.57. The number of hydrogen-bond donors (Lipinski definition) is 2. The fourth-order valence-electron chi connectivity index (χ4n) is 3.78. The van der Waals surface area contributed by atoms with E-state index in [1.54, 1.807) is 17.5 Å². The van der Waals surface area contributed by atoms with Gasteiger partial charge >= 0.3 is 0 Å². The van der Waals surface area contributed by atoms with Crippen molar-refractivity contribution in [3.05, 3.63) is 72.1 Å². The molecule has 0 bridgehead atoms. The molecule has 0 unspecified atom stereocenters. The van der Waals surface area contributed by atoms with Crippen molar-refractivity contribution in [3.8, 4) is 22.3 Å². The molecule has 0 saturated carbocycles. The first-order valence-corrected chi connectivity index (χ1v) is 11.5. The number of anilines is 2. The Balaban J connectivity index is 1.55. The molecule has 158 valence electrons. The average molecular weight is 459 g/mol. The van der Waals surface area contributed by atoms with E-state index in [1.165, 1.54) is 0 Å². The van der Waals surface area contributed by atoms with E-state index in [9.17, 15) is 5.26 Å². The number of hydrogen-bond acceptors (Lipinski definition) is 5. The summed E-state index contributed by atoms with van der Waals surface area (Å²) in [6, 6.07) is 18.4. The molecule has 0 amide bonds. The number of benzene rings is 2. The minimum atomic E-state index is 0.456. The van der Waals surface area contributed by atoms with E-state index in [0.717, 1.165) is 54.2 Å². The van der Waals surface area contributed by atoms with E-state index in [-0.39, 0.29) is 0 Å². The molecule has 0 radical (unpaired) electrons. The molecular formula is C25H19ClN4OS. The van der Waals surface area contributed by atoms with Gasteiger partial charge in [0.1, 0.15) is 23.3 Å². The number of aromatic amines is 1. The Morgan fingerprint density at radius 1 is 1.16 bits per heavy atom. The van der Waals surface area contributed by atoms with Gasteiger partial charge in [0, 0.05) is 39.2 Å². The van der Waals surface area contributed by atoms with Crippen LogP contribution in [0.2, 0.25) is 0 Å². The summed E-state index contributed by atoms with van der Waals surface area (Å²) in [5, 5.41) is 15.3. The summed E-state index contributed by atoms with van der Waals surface area (Å²) in [5.41, 5.74) is 5.54. The van der Waals surface area contributed by atoms with Gasteiger partial charge in [-0.3, -0.25) is 0 Å². The first-order chi connectivity index (χ1) is 15.7. The molecule has 3 aromatic heterocycles. The minimum absolute atomic E-state index is 0.456. The van der Waals surface area contributed by atoms with Crippen LogP contribution >= 0.6 is 22.9 Å². The van der Waals surface area contributed by atoms with E-state index in [2.05, 4.69) is 40.4 Å². The number of nitriles is 1. The van der Waals surface area contributed by atoms with Crippen LogP contribution in [0, 0.1) is 18.3 Å². The van der Waals surface area contributed by atoms with Crippen molar-refractivity contribution in [2.45, 2.75) is 6.92 Å². The highest BCUT2D eigenvalue weighted by molar-refractivity contribution is 7.21. The van der Waals surface area contributed by atoms with Crippen LogP contribution < -0.4 is 10.1 Å². The van der Waals surface area contributed by atoms with Crippen LogP contribution in [0.5, 0.6) is 5.75 Å². The number of aryl methyl sites for hydroxylation is 1. The molecule has 0 aliphatic carbocycles. The predicted molar refractivity (Wildman–Crippen MR) is 132 cm³/mol. The highest BCUT2D eigenvalue weighted by Gasteiger charge is 2.15. The number of pyridine rings is 1. The maximum absolute atomic E-state index is 9.73. The molecular weight excluding hydrogens is 440 g/mol. The Morgan fingerprint density at radius 2 is 2.00 bits per heavy atom. The van der Waals surface area contributed by atoms with Gasteiger partial charge in [-0.1, -0.05) is 0 Å². The zero-order valence-electron chi connectivity index (χ0n) is 17.3. The lowest BCUT2D eigenvalue weighted by molar-refractivity contribution is 0.343. The molecule has 7 heteroatoms. The lowest BCUT2D eigenvalue weighted by atomic mass is 10.1. The third kappa shape index (κ3) is 3.66. The van der Waals surface area contributed by atoms with E-state index in [4.69, 9.17) is 16.3 Å². The van der Waals surface area contributed by atoms with Crippen molar-refractivity contribution in [2.75, 3.05) is 17.8 Å². The van der Waals surface area contributed by atoms with Crippen molar-refractivity contribution in [1.82, 2.24) is 9.97 Å². The van der Waals surface area contributed by atoms with Crippen molar-refractivity contribution >= 4 is 55.4 Å². The Hall–Kier alpha value is -3.53. The van der Waals surface area contributed by atoms with Gasteiger partial charge in [0.25, 0.3) is 0 Å². The van der Waals surface area contributed by atoms with E-state index < -0.39 is 0 Å². The molecule has 2 aromatic carbocycles. The number of halogens is 1. The molecule has 0 spiro atoms. The maximum Gasteiger partial charge on any atom is 0.126 e. The van der Waals surface area contributed by atoms with E-state index in [1.807, 2.05) is 42.6 Å². The molecule has 32 heavy (non-hydrogen) atoms. The highest BCUT2D eigenvalue weighted by Crippen LogP contribution is 2.39. The summed E-state index contributed by atoms with van der Waals surface area (Å²) >= 11 is 7.29. The first-order valence-electron chi connectivity index (χ1n) is 10.1. The van der Waals surface area contributed by atoms with Gasteiger partial charge in [-0.15, -0.1) is 22.9 Å². The van der Waals surface area contributed by atoms with Crippen LogP contribution in [-0.2, 0) is 0 Å². The SMILES string of the molecule is Cc1c(Nc2c(C#N)cnc3sc(-c4ccc(OCCCl)cc4)cc23)ccc2[nH]ccc12. The predicted octanol–water partition coefficient (Wildman–Crippen LogP) is 6.99. The van der Waals surface area contributed by atoms with Gasteiger partial charge in [0.2, 0.25) is 0 Å². The fraction of sp³-hybridized carbons (Fsp3) is 0.120. The second-order valence-electron chi connectivity index (χ2n) is 7.35. The van der Waals surface area contributed by atoms with E-state index in [0.29, 0.717) is 18.1 Å². The second-order valence-corrected chi connectivity index (χ2v) is 8.76. The number of thiophene rings is 1. The Bertz CT molecular complexity index is 1460. The van der Waals surface area contributed by atoms with Gasteiger partial charge in [-0.2, -0.15) is 5.26 Å². The summed E-state index contributed by atoms with van der Waals surface area (Å²) in [6.45, 7) is 2.56. The van der Waals surface area contributed by atoms with Gasteiger partial charge in [-0.05, 0) is 66.6 Å². The third-order valence-corrected chi connectivity index (χ3v) is 6.68. The molecule has 5 rings (SSSR count). The zero-order valence-corrected chi connectivity index (χ0v) is 18.8. The maximum atomic E-state index is 9.73. The largest absolute Gasteiger partial charge is 0.492 e. The molecule has 0 aliphatic rings. The summed E-state index contributed by atoms with van der Waals surface area (Å²) in [4.78, 5) is 9.73. The average Bonchev–Trinajstić information content (AvgIpc) is 3.47. The molecule has 5 nitrogen and oxygen atoms in total. The van der Waals surface area contributed by atoms with Crippen molar-refractivity contribution < 1.29 is 4.74 Å². The van der Waals surface area contributed by atoms with Gasteiger partial charge in [0.15, 0.2) is 0 Å². The number of H-pyrrole nitrogens is 1. The van der Waals surface area contributed by atoms with Crippen molar-refractivity contribution in [3.63, 3.8) is 0 Å². The van der Waals surface area contributed by atoms with Gasteiger partial charge < -0.3 is 15.0 Å². The molecule has 0 atom stereocenters. The molecule has 5 aromatic rings. The quantitative estimate of drug-likeness (QED) is 0.269. The fourth-order valence-corrected chi connectivity index (χ4v) is 4.87. The lowest BCUT2D eigenvalue weighted by Gasteiger charge is -2.12. The standard InChI is InChI=1S/C25H19ClN4OS/c1-15-19-8-10-28-22(19)7-6-21(15)30-24-17(13-27)14-29-25-20(24)12-23(32-25)16-2-4-18(5-3-16)31-11-9-26/h2-8,10,12,14,28H,9,11H2,1H3,(H,29,30). The summed E-state index contributed by atoms with van der Waals surface area (Å²) < 4.78 is 5.57. The zero-order chi connectivity index (χ0) is 22.1. The number of nitrogens with zero attached hydrogens (tertiary/aromatic N) is 2. The van der Waals surface area contributed by atoms with Gasteiger partial charge in [-0.25, -0.2) is 4.98 Å². The van der Waals surface area contributed by atoms with Crippen LogP contribution in [0.1, 0.15) is 11.1 Å². The van der Waals surface area contributed by atoms with Crippen LogP contribution in [0.15, 0.2) is 60.9 Å². The van der Waals surface area contributed by atoms with Crippen molar-refractivity contribution in [2.24, 2.45) is 0 Å². The van der Waals surface area contributed by atoms with Crippen molar-refractivity contribution in [1.29, 1.82) is 5.26 Å². The number of aromatic nitrogens is 2. The smallest absolute Gasteiger partial charge is 0.126 e. The number of fused-ring (bicyclic) bond motifs is 2. The minimum Gasteiger partial charge on any atom is -0.492 e. The monoisotopic (exact) mass is 458 g/mol. The molecule has 3 heterocycles. The molecule has 2 N–H and O–H groups in total. The van der Waals surface area contributed by atoms with Crippen LogP contribution in [0.3, 0.4) is 0 Å². The topological polar surface area (TPSA) is 73.7 Å². The van der Waals surface area contributed by atoms with E-state index >= 15 is 0 Å². The molecule has 0 aliphatic heterocycles. The Labute approximate surface area is 194 Å². The number of rotatable bonds is 6. The second kappa shape index (κ2) is 8.54. The lowest BCUT2D eigenvalue weighted by Crippen LogP contribution is -1.97. The van der Waals surface area contributed by atoms with Gasteiger partial charge in [0.05, 0.1) is 17.1 Å². The van der Waals surface area contributed by atoms with Crippen LogP contribution in [0.25, 0.3) is 31.6 Å². The Morgan fingerprint density at radius 3 is 2.78 bits per heavy atom. The number of ether oxygens (including phenoxy) is 1. The number of nitrogens with one attached hydrogen (secondary N) is 2. The molecule has 0 saturated heterocycles. The summed E-state index contributed by atoms with van der Waals surface area (Å²) in [7, 11) is 0.